The van der Waals surface area contributed by atoms with E-state index in [0.29, 0.717) is 12.2 Å². The van der Waals surface area contributed by atoms with Crippen molar-refractivity contribution >= 4 is 16.8 Å². The molecule has 0 aliphatic rings. The fourth-order valence-corrected chi connectivity index (χ4v) is 3.37. The van der Waals surface area contributed by atoms with Crippen molar-refractivity contribution < 1.29 is 9.53 Å². The lowest BCUT2D eigenvalue weighted by atomic mass is 10.2. The SMILES string of the molecule is COc1ccc2cc(C(=O)NCc3c(C)nn(-c4ccccc4)c3C)[nH]c2c1. The quantitative estimate of drug-likeness (QED) is 0.556. The highest BCUT2D eigenvalue weighted by molar-refractivity contribution is 5.98. The van der Waals surface area contributed by atoms with Gasteiger partial charge in [-0.3, -0.25) is 4.79 Å². The minimum absolute atomic E-state index is 0.151. The Balaban J connectivity index is 1.53. The average molecular weight is 374 g/mol. The van der Waals surface area contributed by atoms with E-state index in [9.17, 15) is 4.79 Å². The number of methoxy groups -OCH3 is 1. The number of fused-ring (bicyclic) bond motifs is 1. The number of aromatic nitrogens is 3. The van der Waals surface area contributed by atoms with E-state index in [1.807, 2.05) is 73.1 Å². The number of benzene rings is 2. The number of hydrogen-bond acceptors (Lipinski definition) is 3. The van der Waals surface area contributed by atoms with Crippen LogP contribution in [0.15, 0.2) is 54.6 Å². The van der Waals surface area contributed by atoms with Crippen molar-refractivity contribution in [3.05, 3.63) is 77.2 Å². The Morgan fingerprint density at radius 1 is 1.14 bits per heavy atom. The number of nitrogens with one attached hydrogen (secondary N) is 2. The van der Waals surface area contributed by atoms with Crippen molar-refractivity contribution in [3.63, 3.8) is 0 Å². The lowest BCUT2D eigenvalue weighted by Crippen LogP contribution is -2.23. The van der Waals surface area contributed by atoms with Crippen molar-refractivity contribution in [3.8, 4) is 11.4 Å². The van der Waals surface area contributed by atoms with Crippen LogP contribution in [-0.2, 0) is 6.54 Å². The van der Waals surface area contributed by atoms with Crippen molar-refractivity contribution in [1.82, 2.24) is 20.1 Å². The number of aromatic amines is 1. The average Bonchev–Trinajstić information content (AvgIpc) is 3.27. The fraction of sp³-hybridized carbons (Fsp3) is 0.182. The molecule has 0 spiro atoms. The summed E-state index contributed by atoms with van der Waals surface area (Å²) in [5.41, 5.74) is 5.34. The van der Waals surface area contributed by atoms with Gasteiger partial charge in [-0.1, -0.05) is 18.2 Å². The molecular weight excluding hydrogens is 352 g/mol. The highest BCUT2D eigenvalue weighted by Gasteiger charge is 2.15. The van der Waals surface area contributed by atoms with Gasteiger partial charge in [0, 0.05) is 34.8 Å². The van der Waals surface area contributed by atoms with E-state index in [0.717, 1.165) is 39.3 Å². The lowest BCUT2D eigenvalue weighted by Gasteiger charge is -2.06. The molecule has 0 unspecified atom stereocenters. The van der Waals surface area contributed by atoms with E-state index in [2.05, 4.69) is 15.4 Å². The molecule has 142 valence electrons. The van der Waals surface area contributed by atoms with Gasteiger partial charge in [-0.2, -0.15) is 5.10 Å². The number of aryl methyl sites for hydroxylation is 1. The lowest BCUT2D eigenvalue weighted by molar-refractivity contribution is 0.0946. The van der Waals surface area contributed by atoms with E-state index in [-0.39, 0.29) is 5.91 Å². The zero-order valence-electron chi connectivity index (χ0n) is 16.1. The molecule has 0 aliphatic carbocycles. The monoisotopic (exact) mass is 374 g/mol. The summed E-state index contributed by atoms with van der Waals surface area (Å²) in [6, 6.07) is 17.5. The number of H-pyrrole nitrogens is 1. The van der Waals surface area contributed by atoms with E-state index in [1.165, 1.54) is 0 Å². The first-order valence-electron chi connectivity index (χ1n) is 9.12. The summed E-state index contributed by atoms with van der Waals surface area (Å²) in [5.74, 6) is 0.599. The number of carbonyl (C=O) groups is 1. The largest absolute Gasteiger partial charge is 0.497 e. The molecule has 2 N–H and O–H groups in total. The predicted octanol–water partition coefficient (Wildman–Crippen LogP) is 3.91. The van der Waals surface area contributed by atoms with Gasteiger partial charge in [0.2, 0.25) is 0 Å². The van der Waals surface area contributed by atoms with Gasteiger partial charge in [0.1, 0.15) is 11.4 Å². The van der Waals surface area contributed by atoms with Crippen LogP contribution in [0.1, 0.15) is 27.4 Å². The first-order chi connectivity index (χ1) is 13.6. The van der Waals surface area contributed by atoms with E-state index < -0.39 is 0 Å². The summed E-state index contributed by atoms with van der Waals surface area (Å²) >= 11 is 0. The molecule has 2 aromatic carbocycles. The Morgan fingerprint density at radius 3 is 2.68 bits per heavy atom. The Morgan fingerprint density at radius 2 is 1.93 bits per heavy atom. The third kappa shape index (κ3) is 3.24. The summed E-state index contributed by atoms with van der Waals surface area (Å²) < 4.78 is 7.14. The van der Waals surface area contributed by atoms with Crippen LogP contribution in [0.2, 0.25) is 0 Å². The summed E-state index contributed by atoms with van der Waals surface area (Å²) in [7, 11) is 1.62. The molecule has 4 rings (SSSR count). The Bertz CT molecular complexity index is 1140. The van der Waals surface area contributed by atoms with Crippen LogP contribution in [0.3, 0.4) is 0 Å². The smallest absolute Gasteiger partial charge is 0.267 e. The van der Waals surface area contributed by atoms with Gasteiger partial charge in [-0.15, -0.1) is 0 Å². The number of rotatable bonds is 5. The first kappa shape index (κ1) is 17.9. The third-order valence-corrected chi connectivity index (χ3v) is 4.94. The molecule has 0 saturated carbocycles. The van der Waals surface area contributed by atoms with Crippen LogP contribution in [0, 0.1) is 13.8 Å². The van der Waals surface area contributed by atoms with Crippen LogP contribution in [0.5, 0.6) is 5.75 Å². The van der Waals surface area contributed by atoms with Crippen LogP contribution in [0.4, 0.5) is 0 Å². The molecule has 1 amide bonds. The molecule has 6 heteroatoms. The van der Waals surface area contributed by atoms with Crippen LogP contribution in [-0.4, -0.2) is 27.8 Å². The Kier molecular flexibility index (Phi) is 4.61. The van der Waals surface area contributed by atoms with Crippen molar-refractivity contribution in [1.29, 1.82) is 0 Å². The summed E-state index contributed by atoms with van der Waals surface area (Å²) in [4.78, 5) is 15.8. The first-order valence-corrected chi connectivity index (χ1v) is 9.12. The van der Waals surface area contributed by atoms with Gasteiger partial charge in [0.25, 0.3) is 5.91 Å². The number of para-hydroxylation sites is 1. The fourth-order valence-electron chi connectivity index (χ4n) is 3.37. The molecule has 4 aromatic rings. The zero-order chi connectivity index (χ0) is 19.7. The molecule has 2 aromatic heterocycles. The highest BCUT2D eigenvalue weighted by Crippen LogP contribution is 2.22. The number of amides is 1. The van der Waals surface area contributed by atoms with Gasteiger partial charge < -0.3 is 15.0 Å². The van der Waals surface area contributed by atoms with Gasteiger partial charge in [-0.25, -0.2) is 4.68 Å². The maximum atomic E-state index is 12.6. The summed E-state index contributed by atoms with van der Waals surface area (Å²) in [6.45, 7) is 4.40. The van der Waals surface area contributed by atoms with E-state index >= 15 is 0 Å². The summed E-state index contributed by atoms with van der Waals surface area (Å²) in [5, 5.41) is 8.59. The molecule has 0 saturated heterocycles. The molecule has 0 aliphatic heterocycles. The topological polar surface area (TPSA) is 71.9 Å². The second kappa shape index (κ2) is 7.23. The number of carbonyl (C=O) groups excluding carboxylic acids is 1. The highest BCUT2D eigenvalue weighted by atomic mass is 16.5. The second-order valence-electron chi connectivity index (χ2n) is 6.72. The minimum atomic E-state index is -0.151. The third-order valence-electron chi connectivity index (χ3n) is 4.94. The molecule has 0 fully saturated rings. The normalized spacial score (nSPS) is 11.0. The van der Waals surface area contributed by atoms with Gasteiger partial charge in [0.15, 0.2) is 0 Å². The number of ether oxygens (including phenoxy) is 1. The van der Waals surface area contributed by atoms with Crippen LogP contribution < -0.4 is 10.1 Å². The minimum Gasteiger partial charge on any atom is -0.497 e. The molecule has 0 radical (unpaired) electrons. The Labute approximate surface area is 163 Å². The van der Waals surface area contributed by atoms with Crippen LogP contribution >= 0.6 is 0 Å². The number of nitrogens with zero attached hydrogens (tertiary/aromatic N) is 2. The summed E-state index contributed by atoms with van der Waals surface area (Å²) in [6.07, 6.45) is 0. The zero-order valence-corrected chi connectivity index (χ0v) is 16.1. The predicted molar refractivity (Wildman–Crippen MR) is 109 cm³/mol. The molecule has 6 nitrogen and oxygen atoms in total. The van der Waals surface area contributed by atoms with Gasteiger partial charge >= 0.3 is 0 Å². The van der Waals surface area contributed by atoms with Gasteiger partial charge in [0.05, 0.1) is 18.5 Å². The van der Waals surface area contributed by atoms with Crippen molar-refractivity contribution in [2.75, 3.05) is 7.11 Å². The standard InChI is InChI=1S/C22H22N4O2/c1-14-19(15(2)26(25-14)17-7-5-4-6-8-17)13-23-22(27)21-11-16-9-10-18(28-3)12-20(16)24-21/h4-12,24H,13H2,1-3H3,(H,23,27). The number of hydrogen-bond donors (Lipinski definition) is 2. The molecule has 28 heavy (non-hydrogen) atoms. The van der Waals surface area contributed by atoms with Crippen molar-refractivity contribution in [2.45, 2.75) is 20.4 Å². The Hall–Kier alpha value is -3.54. The molecule has 2 heterocycles. The van der Waals surface area contributed by atoms with Crippen molar-refractivity contribution in [2.24, 2.45) is 0 Å². The molecular formula is C22H22N4O2. The maximum absolute atomic E-state index is 12.6. The second-order valence-corrected chi connectivity index (χ2v) is 6.72. The van der Waals surface area contributed by atoms with Crippen LogP contribution in [0.25, 0.3) is 16.6 Å². The molecule has 0 bridgehead atoms. The van der Waals surface area contributed by atoms with E-state index in [4.69, 9.17) is 4.74 Å². The maximum Gasteiger partial charge on any atom is 0.267 e. The van der Waals surface area contributed by atoms with E-state index in [1.54, 1.807) is 7.11 Å². The molecule has 0 atom stereocenters. The van der Waals surface area contributed by atoms with Gasteiger partial charge in [-0.05, 0) is 44.2 Å².